The second-order valence-corrected chi connectivity index (χ2v) is 2.90. The van der Waals surface area contributed by atoms with Gasteiger partial charge < -0.3 is 9.94 Å². The zero-order valence-corrected chi connectivity index (χ0v) is 9.43. The molecule has 0 aliphatic rings. The molecule has 0 spiro atoms. The Morgan fingerprint density at radius 3 is 2.12 bits per heavy atom. The van der Waals surface area contributed by atoms with Gasteiger partial charge in [0.2, 0.25) is 0 Å². The summed E-state index contributed by atoms with van der Waals surface area (Å²) in [7, 11) is 0. The van der Waals surface area contributed by atoms with Crippen LogP contribution in [0.5, 0.6) is 0 Å². The van der Waals surface area contributed by atoms with Gasteiger partial charge in [0.05, 0.1) is 6.61 Å². The number of nitrogens with one attached hydrogen (secondary N) is 1. The number of hydrogen-bond donors (Lipinski definition) is 2. The SMILES string of the molecule is CCCCNOCCC.O=C(O)C(F)(F)F. The summed E-state index contributed by atoms with van der Waals surface area (Å²) in [5.41, 5.74) is 2.89. The van der Waals surface area contributed by atoms with Crippen molar-refractivity contribution in [1.82, 2.24) is 5.48 Å². The Kier molecular flexibility index (Phi) is 11.7. The molecule has 0 saturated heterocycles. The van der Waals surface area contributed by atoms with Crippen molar-refractivity contribution in [3.63, 3.8) is 0 Å². The number of carboxylic acid groups (broad SMARTS) is 1. The minimum atomic E-state index is -5.08. The number of alkyl halides is 3. The standard InChI is InChI=1S/C7H17NO.C2HF3O2/c1-3-5-6-8-9-7-4-2;3-2(4,5)1(6)7/h8H,3-7H2,1-2H3;(H,6,7). The molecule has 7 heteroatoms. The first-order valence-corrected chi connectivity index (χ1v) is 5.01. The minimum Gasteiger partial charge on any atom is -0.475 e. The van der Waals surface area contributed by atoms with Gasteiger partial charge in [-0.05, 0) is 12.8 Å². The maximum absolute atomic E-state index is 10.6. The molecule has 98 valence electrons. The average Bonchev–Trinajstić information content (AvgIpc) is 2.17. The zero-order valence-electron chi connectivity index (χ0n) is 9.43. The average molecular weight is 245 g/mol. The van der Waals surface area contributed by atoms with Gasteiger partial charge in [-0.2, -0.15) is 13.2 Å². The Balaban J connectivity index is 0. The lowest BCUT2D eigenvalue weighted by Gasteiger charge is -2.01. The molecule has 0 heterocycles. The predicted octanol–water partition coefficient (Wildman–Crippen LogP) is 2.35. The normalized spacial score (nSPS) is 10.6. The quantitative estimate of drug-likeness (QED) is 0.557. The number of carbonyl (C=O) groups is 1. The van der Waals surface area contributed by atoms with E-state index in [2.05, 4.69) is 19.3 Å². The van der Waals surface area contributed by atoms with E-state index < -0.39 is 12.1 Å². The molecule has 0 fully saturated rings. The van der Waals surface area contributed by atoms with Crippen LogP contribution in [0.15, 0.2) is 0 Å². The lowest BCUT2D eigenvalue weighted by atomic mass is 10.3. The van der Waals surface area contributed by atoms with Crippen molar-refractivity contribution in [1.29, 1.82) is 0 Å². The number of carboxylic acids is 1. The Bertz CT molecular complexity index is 168. The Morgan fingerprint density at radius 1 is 1.31 bits per heavy atom. The van der Waals surface area contributed by atoms with Crippen molar-refractivity contribution in [3.8, 4) is 0 Å². The summed E-state index contributed by atoms with van der Waals surface area (Å²) >= 11 is 0. The number of rotatable bonds is 6. The first-order valence-electron chi connectivity index (χ1n) is 5.01. The highest BCUT2D eigenvalue weighted by atomic mass is 19.4. The van der Waals surface area contributed by atoms with Gasteiger partial charge in [-0.1, -0.05) is 20.3 Å². The highest BCUT2D eigenvalue weighted by Gasteiger charge is 2.38. The third kappa shape index (κ3) is 15.6. The summed E-state index contributed by atoms with van der Waals surface area (Å²) in [5.74, 6) is -2.76. The fourth-order valence-electron chi connectivity index (χ4n) is 0.495. The summed E-state index contributed by atoms with van der Waals surface area (Å²) in [6, 6.07) is 0. The minimum absolute atomic E-state index is 0.823. The Hall–Kier alpha value is -0.820. The van der Waals surface area contributed by atoms with Gasteiger partial charge in [0.1, 0.15) is 0 Å². The van der Waals surface area contributed by atoms with Gasteiger partial charge in [0.25, 0.3) is 0 Å². The fourth-order valence-corrected chi connectivity index (χ4v) is 0.495. The predicted molar refractivity (Wildman–Crippen MR) is 52.8 cm³/mol. The first kappa shape index (κ1) is 17.6. The van der Waals surface area contributed by atoms with Gasteiger partial charge in [-0.15, -0.1) is 0 Å². The molecule has 0 aromatic heterocycles. The molecule has 0 aliphatic heterocycles. The van der Waals surface area contributed by atoms with Crippen LogP contribution in [-0.4, -0.2) is 30.4 Å². The smallest absolute Gasteiger partial charge is 0.475 e. The third-order valence-electron chi connectivity index (χ3n) is 1.28. The Morgan fingerprint density at radius 2 is 1.81 bits per heavy atom. The molecule has 0 aliphatic carbocycles. The van der Waals surface area contributed by atoms with Gasteiger partial charge in [-0.3, -0.25) is 0 Å². The molecule has 0 atom stereocenters. The number of unbranched alkanes of at least 4 members (excludes halogenated alkanes) is 1. The molecule has 0 aromatic rings. The van der Waals surface area contributed by atoms with Crippen molar-refractivity contribution in [2.45, 2.75) is 39.3 Å². The van der Waals surface area contributed by atoms with Crippen LogP contribution >= 0.6 is 0 Å². The van der Waals surface area contributed by atoms with E-state index in [-0.39, 0.29) is 0 Å². The van der Waals surface area contributed by atoms with E-state index in [1.165, 1.54) is 12.8 Å². The fraction of sp³-hybridized carbons (Fsp3) is 0.889. The summed E-state index contributed by atoms with van der Waals surface area (Å²) in [6.45, 7) is 6.07. The van der Waals surface area contributed by atoms with Crippen LogP contribution in [0, 0.1) is 0 Å². The number of aliphatic carboxylic acids is 1. The van der Waals surface area contributed by atoms with Gasteiger partial charge >= 0.3 is 12.1 Å². The molecular weight excluding hydrogens is 227 g/mol. The van der Waals surface area contributed by atoms with E-state index in [0.29, 0.717) is 0 Å². The van der Waals surface area contributed by atoms with E-state index >= 15 is 0 Å². The molecule has 16 heavy (non-hydrogen) atoms. The summed E-state index contributed by atoms with van der Waals surface area (Å²) in [4.78, 5) is 13.9. The molecule has 0 bridgehead atoms. The van der Waals surface area contributed by atoms with Crippen LogP contribution < -0.4 is 5.48 Å². The van der Waals surface area contributed by atoms with Crippen molar-refractivity contribution in [2.24, 2.45) is 0 Å². The van der Waals surface area contributed by atoms with Crippen molar-refractivity contribution in [2.75, 3.05) is 13.2 Å². The van der Waals surface area contributed by atoms with Crippen LogP contribution in [0.3, 0.4) is 0 Å². The monoisotopic (exact) mass is 245 g/mol. The van der Waals surface area contributed by atoms with Gasteiger partial charge in [0, 0.05) is 6.54 Å². The number of hydrogen-bond acceptors (Lipinski definition) is 3. The lowest BCUT2D eigenvalue weighted by molar-refractivity contribution is -0.192. The first-order chi connectivity index (χ1) is 7.36. The molecule has 4 nitrogen and oxygen atoms in total. The maximum Gasteiger partial charge on any atom is 0.490 e. The summed E-state index contributed by atoms with van der Waals surface area (Å²) in [5, 5.41) is 7.12. The topological polar surface area (TPSA) is 58.6 Å². The third-order valence-corrected chi connectivity index (χ3v) is 1.28. The molecule has 0 amide bonds. The van der Waals surface area contributed by atoms with Crippen LogP contribution in [0.4, 0.5) is 13.2 Å². The number of halogens is 3. The van der Waals surface area contributed by atoms with Crippen molar-refractivity contribution in [3.05, 3.63) is 0 Å². The molecule has 0 unspecified atom stereocenters. The second kappa shape index (κ2) is 10.7. The highest BCUT2D eigenvalue weighted by molar-refractivity contribution is 5.73. The maximum atomic E-state index is 10.6. The highest BCUT2D eigenvalue weighted by Crippen LogP contribution is 2.13. The van der Waals surface area contributed by atoms with Gasteiger partial charge in [-0.25, -0.2) is 10.3 Å². The summed E-state index contributed by atoms with van der Waals surface area (Å²) in [6.07, 6.45) is -1.58. The van der Waals surface area contributed by atoms with Crippen molar-refractivity contribution >= 4 is 5.97 Å². The second-order valence-electron chi connectivity index (χ2n) is 2.90. The molecular formula is C9H18F3NO3. The molecule has 0 radical (unpaired) electrons. The largest absolute Gasteiger partial charge is 0.490 e. The van der Waals surface area contributed by atoms with E-state index in [9.17, 15) is 13.2 Å². The lowest BCUT2D eigenvalue weighted by Crippen LogP contribution is -2.21. The molecule has 0 saturated carbocycles. The van der Waals surface area contributed by atoms with Crippen LogP contribution in [0.2, 0.25) is 0 Å². The van der Waals surface area contributed by atoms with E-state index in [1.54, 1.807) is 0 Å². The van der Waals surface area contributed by atoms with Crippen molar-refractivity contribution < 1.29 is 27.9 Å². The van der Waals surface area contributed by atoms with E-state index in [0.717, 1.165) is 19.6 Å². The molecule has 0 aromatic carbocycles. The van der Waals surface area contributed by atoms with Crippen LogP contribution in [0.1, 0.15) is 33.1 Å². The van der Waals surface area contributed by atoms with E-state index in [1.807, 2.05) is 0 Å². The summed E-state index contributed by atoms with van der Waals surface area (Å²) < 4.78 is 31.7. The Labute approximate surface area is 92.7 Å². The molecule has 2 N–H and O–H groups in total. The van der Waals surface area contributed by atoms with E-state index in [4.69, 9.17) is 14.7 Å². The van der Waals surface area contributed by atoms with Gasteiger partial charge in [0.15, 0.2) is 0 Å². The number of hydroxylamine groups is 1. The zero-order chi connectivity index (χ0) is 13.0. The van der Waals surface area contributed by atoms with Crippen LogP contribution in [-0.2, 0) is 9.63 Å². The molecule has 0 rings (SSSR count). The van der Waals surface area contributed by atoms with Crippen LogP contribution in [0.25, 0.3) is 0 Å².